The maximum atomic E-state index is 12.9. The van der Waals surface area contributed by atoms with E-state index in [1.165, 1.54) is 11.3 Å². The number of rotatable bonds is 8. The van der Waals surface area contributed by atoms with Crippen molar-refractivity contribution >= 4 is 53.4 Å². The van der Waals surface area contributed by atoms with E-state index in [2.05, 4.69) is 31.5 Å². The largest absolute Gasteiger partial charge is 0.467 e. The fourth-order valence-corrected chi connectivity index (χ4v) is 7.98. The van der Waals surface area contributed by atoms with Crippen molar-refractivity contribution in [2.45, 2.75) is 63.5 Å². The van der Waals surface area contributed by atoms with Gasteiger partial charge in [0.1, 0.15) is 16.5 Å². The highest BCUT2D eigenvalue weighted by Crippen LogP contribution is 2.34. The lowest BCUT2D eigenvalue weighted by Gasteiger charge is -2.30. The van der Waals surface area contributed by atoms with Crippen LogP contribution < -0.4 is 15.0 Å². The Hall–Kier alpha value is -2.12. The minimum Gasteiger partial charge on any atom is -0.467 e. The summed E-state index contributed by atoms with van der Waals surface area (Å²) in [5.41, 5.74) is 1.88. The minimum absolute atomic E-state index is 0.0637. The predicted octanol–water partition coefficient (Wildman–Crippen LogP) is 3.78. The van der Waals surface area contributed by atoms with Crippen LogP contribution in [0, 0.1) is 6.92 Å². The number of anilines is 1. The molecule has 1 saturated heterocycles. The molecule has 0 spiro atoms. The first-order chi connectivity index (χ1) is 17.6. The van der Waals surface area contributed by atoms with Crippen LogP contribution in [0.1, 0.15) is 50.1 Å². The van der Waals surface area contributed by atoms with Gasteiger partial charge in [0.2, 0.25) is 5.13 Å². The molecule has 12 heteroatoms. The first kappa shape index (κ1) is 26.5. The van der Waals surface area contributed by atoms with Gasteiger partial charge < -0.3 is 14.7 Å². The molecule has 1 aromatic carbocycles. The molecule has 0 bridgehead atoms. The van der Waals surface area contributed by atoms with Crippen molar-refractivity contribution in [3.63, 3.8) is 0 Å². The minimum atomic E-state index is -3.42. The molecule has 0 aliphatic carbocycles. The van der Waals surface area contributed by atoms with Gasteiger partial charge in [0, 0.05) is 32.5 Å². The van der Waals surface area contributed by atoms with Crippen LogP contribution in [0.3, 0.4) is 0 Å². The van der Waals surface area contributed by atoms with Gasteiger partial charge in [0.25, 0.3) is 5.19 Å². The second-order valence-electron chi connectivity index (χ2n) is 10.3. The van der Waals surface area contributed by atoms with Gasteiger partial charge in [-0.3, -0.25) is 5.32 Å². The second kappa shape index (κ2) is 10.6. The molecule has 2 N–H and O–H groups in total. The molecular formula is C25H33N5O4S3. The number of nitrogens with one attached hydrogen (secondary N) is 1. The number of thiazole rings is 1. The van der Waals surface area contributed by atoms with Crippen LogP contribution in [-0.2, 0) is 9.84 Å². The Labute approximate surface area is 225 Å². The number of hydrogen-bond donors (Lipinski definition) is 2. The highest BCUT2D eigenvalue weighted by Gasteiger charge is 2.29. The van der Waals surface area contributed by atoms with Crippen LogP contribution in [-0.4, -0.2) is 71.2 Å². The lowest BCUT2D eigenvalue weighted by atomic mass is 10.0. The fourth-order valence-electron chi connectivity index (χ4n) is 4.54. The zero-order valence-corrected chi connectivity index (χ0v) is 23.8. The zero-order chi connectivity index (χ0) is 26.2. The molecule has 2 aromatic heterocycles. The summed E-state index contributed by atoms with van der Waals surface area (Å²) in [7, 11) is -3.42. The predicted molar refractivity (Wildman–Crippen MR) is 149 cm³/mol. The Morgan fingerprint density at radius 1 is 1.22 bits per heavy atom. The van der Waals surface area contributed by atoms with E-state index in [0.717, 1.165) is 63.8 Å². The number of fused-ring (bicyclic) bond motifs is 1. The maximum Gasteiger partial charge on any atom is 0.274 e. The highest BCUT2D eigenvalue weighted by molar-refractivity contribution is 7.92. The van der Waals surface area contributed by atoms with Crippen molar-refractivity contribution < 1.29 is 18.3 Å². The topological polar surface area (TPSA) is 118 Å². The number of piperidine rings is 1. The molecule has 4 heterocycles. The number of ether oxygens (including phenoxy) is 1. The van der Waals surface area contributed by atoms with E-state index in [9.17, 15) is 13.5 Å². The van der Waals surface area contributed by atoms with Gasteiger partial charge in [-0.15, -0.1) is 10.2 Å². The third-order valence-corrected chi connectivity index (χ3v) is 10.4. The molecule has 1 unspecified atom stereocenters. The quantitative estimate of drug-likeness (QED) is 0.422. The van der Waals surface area contributed by atoms with Crippen LogP contribution in [0.2, 0.25) is 0 Å². The van der Waals surface area contributed by atoms with Crippen molar-refractivity contribution in [3.8, 4) is 5.19 Å². The summed E-state index contributed by atoms with van der Waals surface area (Å²) in [6.07, 6.45) is 4.69. The van der Waals surface area contributed by atoms with Crippen LogP contribution in [0.5, 0.6) is 5.19 Å². The van der Waals surface area contributed by atoms with Gasteiger partial charge in [-0.1, -0.05) is 28.7 Å². The number of hydrogen-bond acceptors (Lipinski definition) is 11. The third kappa shape index (κ3) is 6.48. The van der Waals surface area contributed by atoms with E-state index < -0.39 is 20.8 Å². The molecule has 2 aliphatic heterocycles. The van der Waals surface area contributed by atoms with Gasteiger partial charge in [-0.25, -0.2) is 13.4 Å². The number of nitrogens with zero attached hydrogens (tertiary/aromatic N) is 4. The van der Waals surface area contributed by atoms with Crippen molar-refractivity contribution in [3.05, 3.63) is 34.8 Å². The molecule has 0 radical (unpaired) electrons. The van der Waals surface area contributed by atoms with Crippen LogP contribution in [0.15, 0.2) is 24.3 Å². The summed E-state index contributed by atoms with van der Waals surface area (Å²) in [5, 5.41) is 23.3. The molecular weight excluding hydrogens is 531 g/mol. The molecule has 3 aromatic rings. The molecule has 0 saturated carbocycles. The summed E-state index contributed by atoms with van der Waals surface area (Å²) in [4.78, 5) is 6.95. The Morgan fingerprint density at radius 3 is 2.70 bits per heavy atom. The SMILES string of the molecule is Cc1nnc(N2CCC(Oc3nc4ccc(C5=CC(S(=O)(=O)CCC(C)(C)O)NCC5)cc4s3)CC2)s1. The summed E-state index contributed by atoms with van der Waals surface area (Å²) in [6.45, 7) is 7.58. The third-order valence-electron chi connectivity index (χ3n) is 6.71. The standard InChI is InChI=1S/C25H33N5O4S3/c1-16-28-29-23(35-16)30-11-7-19(8-12-30)34-24-27-20-5-4-17(14-21(20)36-24)18-6-10-26-22(15-18)37(32,33)13-9-25(2,3)31/h4-5,14-15,19,22,26,31H,6-13H2,1-3H3. The Kier molecular flexibility index (Phi) is 7.56. The molecule has 2 aliphatic rings. The zero-order valence-electron chi connectivity index (χ0n) is 21.3. The molecule has 0 amide bonds. The lowest BCUT2D eigenvalue weighted by molar-refractivity contribution is 0.0772. The van der Waals surface area contributed by atoms with Crippen molar-refractivity contribution in [1.82, 2.24) is 20.5 Å². The molecule has 5 rings (SSSR count). The van der Waals surface area contributed by atoms with Gasteiger partial charge in [0.15, 0.2) is 9.84 Å². The highest BCUT2D eigenvalue weighted by atomic mass is 32.2. The Balaban J connectivity index is 1.25. The van der Waals surface area contributed by atoms with Gasteiger partial charge in [-0.05, 0) is 63.0 Å². The summed E-state index contributed by atoms with van der Waals surface area (Å²) in [6, 6.07) is 6.07. The van der Waals surface area contributed by atoms with E-state index in [1.54, 1.807) is 25.2 Å². The second-order valence-corrected chi connectivity index (χ2v) is 14.7. The van der Waals surface area contributed by atoms with Crippen molar-refractivity contribution in [2.75, 3.05) is 30.3 Å². The van der Waals surface area contributed by atoms with Gasteiger partial charge >= 0.3 is 0 Å². The molecule has 200 valence electrons. The first-order valence-electron chi connectivity index (χ1n) is 12.6. The first-order valence-corrected chi connectivity index (χ1v) is 15.9. The lowest BCUT2D eigenvalue weighted by Crippen LogP contribution is -2.41. The molecule has 1 atom stereocenters. The molecule has 1 fully saturated rings. The van der Waals surface area contributed by atoms with E-state index in [4.69, 9.17) is 4.74 Å². The molecule has 37 heavy (non-hydrogen) atoms. The van der Waals surface area contributed by atoms with Crippen LogP contribution in [0.25, 0.3) is 15.8 Å². The number of aliphatic hydroxyl groups is 1. The van der Waals surface area contributed by atoms with Gasteiger partial charge in [-0.2, -0.15) is 0 Å². The number of aromatic nitrogens is 3. The van der Waals surface area contributed by atoms with Crippen molar-refractivity contribution in [1.29, 1.82) is 0 Å². The summed E-state index contributed by atoms with van der Waals surface area (Å²) in [5.74, 6) is -0.0637. The maximum absolute atomic E-state index is 12.9. The molecule has 9 nitrogen and oxygen atoms in total. The smallest absolute Gasteiger partial charge is 0.274 e. The normalized spacial score (nSPS) is 19.8. The average molecular weight is 564 g/mol. The van der Waals surface area contributed by atoms with E-state index >= 15 is 0 Å². The van der Waals surface area contributed by atoms with Crippen LogP contribution in [0.4, 0.5) is 5.13 Å². The number of sulfone groups is 1. The summed E-state index contributed by atoms with van der Waals surface area (Å²) >= 11 is 3.15. The number of aryl methyl sites for hydroxylation is 1. The Morgan fingerprint density at radius 2 is 2.00 bits per heavy atom. The van der Waals surface area contributed by atoms with Crippen LogP contribution >= 0.6 is 22.7 Å². The fraction of sp³-hybridized carbons (Fsp3) is 0.560. The van der Waals surface area contributed by atoms with Crippen molar-refractivity contribution in [2.24, 2.45) is 0 Å². The Bertz CT molecular complexity index is 1380. The number of benzene rings is 1. The summed E-state index contributed by atoms with van der Waals surface area (Å²) < 4.78 is 33.0. The van der Waals surface area contributed by atoms with E-state index in [1.807, 2.05) is 25.1 Å². The monoisotopic (exact) mass is 563 g/mol. The van der Waals surface area contributed by atoms with E-state index in [0.29, 0.717) is 11.7 Å². The van der Waals surface area contributed by atoms with E-state index in [-0.39, 0.29) is 18.3 Å². The average Bonchev–Trinajstić information content (AvgIpc) is 3.48. The van der Waals surface area contributed by atoms with Gasteiger partial charge in [0.05, 0.1) is 21.6 Å².